The van der Waals surface area contributed by atoms with Crippen molar-refractivity contribution in [2.45, 2.75) is 26.2 Å². The molecular formula is C26H24N2O4. The Morgan fingerprint density at radius 3 is 2.06 bits per heavy atom. The fourth-order valence-corrected chi connectivity index (χ4v) is 3.51. The molecule has 1 heterocycles. The molecule has 0 aliphatic carbocycles. The smallest absolute Gasteiger partial charge is 0.338 e. The van der Waals surface area contributed by atoms with Gasteiger partial charge in [-0.1, -0.05) is 72.8 Å². The van der Waals surface area contributed by atoms with Crippen LogP contribution in [0.5, 0.6) is 5.75 Å². The number of esters is 1. The number of allylic oxidation sites excluding steroid dienone is 1. The van der Waals surface area contributed by atoms with Crippen LogP contribution < -0.4 is 15.4 Å². The van der Waals surface area contributed by atoms with Crippen molar-refractivity contribution in [3.05, 3.63) is 113 Å². The van der Waals surface area contributed by atoms with Gasteiger partial charge in [-0.25, -0.2) is 9.59 Å². The van der Waals surface area contributed by atoms with Crippen LogP contribution in [0.15, 0.2) is 96.2 Å². The average molecular weight is 428 g/mol. The van der Waals surface area contributed by atoms with Crippen molar-refractivity contribution in [3.8, 4) is 5.75 Å². The summed E-state index contributed by atoms with van der Waals surface area (Å²) in [4.78, 5) is 25.0. The van der Waals surface area contributed by atoms with Crippen LogP contribution in [-0.4, -0.2) is 12.0 Å². The zero-order chi connectivity index (χ0) is 22.3. The first kappa shape index (κ1) is 21.2. The van der Waals surface area contributed by atoms with E-state index in [4.69, 9.17) is 9.47 Å². The lowest BCUT2D eigenvalue weighted by molar-refractivity contribution is -0.140. The molecule has 0 saturated carbocycles. The van der Waals surface area contributed by atoms with Crippen LogP contribution in [0.4, 0.5) is 4.79 Å². The number of carbonyl (C=O) groups excluding carboxylic acids is 2. The maximum Gasteiger partial charge on any atom is 0.338 e. The minimum Gasteiger partial charge on any atom is -0.489 e. The molecule has 0 fully saturated rings. The van der Waals surface area contributed by atoms with Crippen LogP contribution in [0.2, 0.25) is 0 Å². The number of hydrogen-bond donors (Lipinski definition) is 2. The largest absolute Gasteiger partial charge is 0.489 e. The predicted molar refractivity (Wildman–Crippen MR) is 121 cm³/mol. The molecule has 0 bridgehead atoms. The highest BCUT2D eigenvalue weighted by Crippen LogP contribution is 2.29. The molecule has 32 heavy (non-hydrogen) atoms. The Morgan fingerprint density at radius 1 is 0.844 bits per heavy atom. The van der Waals surface area contributed by atoms with Gasteiger partial charge < -0.3 is 20.1 Å². The average Bonchev–Trinajstić information content (AvgIpc) is 2.82. The zero-order valence-corrected chi connectivity index (χ0v) is 17.7. The molecule has 2 N–H and O–H groups in total. The number of nitrogens with one attached hydrogen (secondary N) is 2. The van der Waals surface area contributed by atoms with Gasteiger partial charge in [0.15, 0.2) is 0 Å². The van der Waals surface area contributed by atoms with Crippen molar-refractivity contribution in [1.29, 1.82) is 0 Å². The summed E-state index contributed by atoms with van der Waals surface area (Å²) < 4.78 is 11.4. The quantitative estimate of drug-likeness (QED) is 0.538. The summed E-state index contributed by atoms with van der Waals surface area (Å²) >= 11 is 0. The van der Waals surface area contributed by atoms with Crippen molar-refractivity contribution in [1.82, 2.24) is 10.6 Å². The number of urea groups is 1. The Hall–Kier alpha value is -4.06. The zero-order valence-electron chi connectivity index (χ0n) is 17.7. The molecule has 3 aromatic rings. The Morgan fingerprint density at radius 2 is 1.44 bits per heavy atom. The normalized spacial score (nSPS) is 15.5. The maximum atomic E-state index is 12.9. The molecular weight excluding hydrogens is 404 g/mol. The Kier molecular flexibility index (Phi) is 6.51. The minimum absolute atomic E-state index is 0.156. The monoisotopic (exact) mass is 428 g/mol. The van der Waals surface area contributed by atoms with Gasteiger partial charge in [-0.15, -0.1) is 0 Å². The Balaban J connectivity index is 1.47. The van der Waals surface area contributed by atoms with Gasteiger partial charge in [0.2, 0.25) is 0 Å². The van der Waals surface area contributed by atoms with Gasteiger partial charge in [0.25, 0.3) is 0 Å². The maximum absolute atomic E-state index is 12.9. The van der Waals surface area contributed by atoms with Crippen molar-refractivity contribution in [2.24, 2.45) is 0 Å². The number of amides is 2. The van der Waals surface area contributed by atoms with Gasteiger partial charge in [-0.05, 0) is 35.7 Å². The highest BCUT2D eigenvalue weighted by molar-refractivity contribution is 5.95. The van der Waals surface area contributed by atoms with Crippen LogP contribution in [0.1, 0.15) is 29.7 Å². The van der Waals surface area contributed by atoms with Crippen molar-refractivity contribution >= 4 is 12.0 Å². The molecule has 0 radical (unpaired) electrons. The molecule has 4 rings (SSSR count). The van der Waals surface area contributed by atoms with E-state index < -0.39 is 12.0 Å². The molecule has 1 atom stereocenters. The second kappa shape index (κ2) is 9.83. The van der Waals surface area contributed by atoms with E-state index in [0.29, 0.717) is 23.6 Å². The molecule has 1 aliphatic heterocycles. The van der Waals surface area contributed by atoms with Crippen molar-refractivity contribution in [2.75, 3.05) is 0 Å². The molecule has 0 aromatic heterocycles. The summed E-state index contributed by atoms with van der Waals surface area (Å²) in [7, 11) is 0. The first-order chi connectivity index (χ1) is 15.6. The summed E-state index contributed by atoms with van der Waals surface area (Å²) in [5.74, 6) is 0.222. The van der Waals surface area contributed by atoms with Gasteiger partial charge in [-0.2, -0.15) is 0 Å². The van der Waals surface area contributed by atoms with Crippen LogP contribution in [-0.2, 0) is 22.7 Å². The van der Waals surface area contributed by atoms with E-state index >= 15 is 0 Å². The lowest BCUT2D eigenvalue weighted by Gasteiger charge is -2.28. The van der Waals surface area contributed by atoms with E-state index in [1.165, 1.54) is 0 Å². The predicted octanol–water partition coefficient (Wildman–Crippen LogP) is 4.64. The molecule has 0 spiro atoms. The Labute approximate surface area is 186 Å². The topological polar surface area (TPSA) is 76.7 Å². The lowest BCUT2D eigenvalue weighted by atomic mass is 9.95. The summed E-state index contributed by atoms with van der Waals surface area (Å²) in [6, 6.07) is 25.7. The van der Waals surface area contributed by atoms with Gasteiger partial charge >= 0.3 is 12.0 Å². The van der Waals surface area contributed by atoms with Gasteiger partial charge in [0.1, 0.15) is 19.0 Å². The molecule has 0 saturated heterocycles. The number of carbonyl (C=O) groups is 2. The minimum atomic E-state index is -0.616. The molecule has 0 unspecified atom stereocenters. The molecule has 2 amide bonds. The standard InChI is InChI=1S/C26H24N2O4/c1-18-23(25(29)32-17-20-10-6-3-7-11-20)24(28-26(30)27-18)21-12-14-22(15-13-21)31-16-19-8-4-2-5-9-19/h2-15,24H,16-17H2,1H3,(H2,27,28,30)/t24-/m0/s1. The highest BCUT2D eigenvalue weighted by Gasteiger charge is 2.32. The van der Waals surface area contributed by atoms with E-state index in [1.54, 1.807) is 6.92 Å². The second-order valence-corrected chi connectivity index (χ2v) is 7.48. The van der Waals surface area contributed by atoms with Crippen molar-refractivity contribution in [3.63, 3.8) is 0 Å². The van der Waals surface area contributed by atoms with Crippen LogP contribution in [0, 0.1) is 0 Å². The van der Waals surface area contributed by atoms with E-state index in [2.05, 4.69) is 10.6 Å². The first-order valence-electron chi connectivity index (χ1n) is 10.4. The highest BCUT2D eigenvalue weighted by atomic mass is 16.5. The molecule has 6 nitrogen and oxygen atoms in total. The third-order valence-corrected chi connectivity index (χ3v) is 5.16. The van der Waals surface area contributed by atoms with Crippen LogP contribution in [0.3, 0.4) is 0 Å². The number of rotatable bonds is 7. The number of ether oxygens (including phenoxy) is 2. The number of hydrogen-bond acceptors (Lipinski definition) is 4. The molecule has 162 valence electrons. The second-order valence-electron chi connectivity index (χ2n) is 7.48. The number of benzene rings is 3. The first-order valence-corrected chi connectivity index (χ1v) is 10.4. The fourth-order valence-electron chi connectivity index (χ4n) is 3.51. The van der Waals surface area contributed by atoms with Gasteiger partial charge in [0, 0.05) is 5.70 Å². The van der Waals surface area contributed by atoms with Gasteiger partial charge in [-0.3, -0.25) is 0 Å². The SMILES string of the molecule is CC1=C(C(=O)OCc2ccccc2)[C@H](c2ccc(OCc3ccccc3)cc2)NC(=O)N1. The van der Waals surface area contributed by atoms with Gasteiger partial charge in [0.05, 0.1) is 11.6 Å². The van der Waals surface area contributed by atoms with Crippen molar-refractivity contribution < 1.29 is 19.1 Å². The van der Waals surface area contributed by atoms with Crippen LogP contribution in [0.25, 0.3) is 0 Å². The fraction of sp³-hybridized carbons (Fsp3) is 0.154. The van der Waals surface area contributed by atoms with E-state index in [9.17, 15) is 9.59 Å². The molecule has 6 heteroatoms. The van der Waals surface area contributed by atoms with E-state index in [1.807, 2.05) is 84.9 Å². The van der Waals surface area contributed by atoms with E-state index in [0.717, 1.165) is 16.7 Å². The summed E-state index contributed by atoms with van der Waals surface area (Å²) in [6.45, 7) is 2.31. The third-order valence-electron chi connectivity index (χ3n) is 5.16. The molecule has 3 aromatic carbocycles. The lowest BCUT2D eigenvalue weighted by Crippen LogP contribution is -2.45. The summed E-state index contributed by atoms with van der Waals surface area (Å²) in [5, 5.41) is 5.48. The third kappa shape index (κ3) is 5.16. The molecule has 1 aliphatic rings. The summed E-state index contributed by atoms with van der Waals surface area (Å²) in [6.07, 6.45) is 0. The van der Waals surface area contributed by atoms with Crippen LogP contribution >= 0.6 is 0 Å². The van der Waals surface area contributed by atoms with E-state index in [-0.39, 0.29) is 12.6 Å². The Bertz CT molecular complexity index is 1110. The summed E-state index contributed by atoms with van der Waals surface area (Å²) in [5.41, 5.74) is 3.57.